The number of nitrogens with zero attached hydrogens (tertiary/aromatic N) is 1. The van der Waals surface area contributed by atoms with Gasteiger partial charge < -0.3 is 10.2 Å². The summed E-state index contributed by atoms with van der Waals surface area (Å²) in [5.41, 5.74) is 1.92. The van der Waals surface area contributed by atoms with Gasteiger partial charge in [-0.25, -0.2) is 0 Å². The number of nitrogens with one attached hydrogen (secondary N) is 1. The molecule has 2 saturated heterocycles. The summed E-state index contributed by atoms with van der Waals surface area (Å²) < 4.78 is 0. The Kier molecular flexibility index (Phi) is 5.74. The lowest BCUT2D eigenvalue weighted by atomic mass is 9.82. The van der Waals surface area contributed by atoms with Crippen molar-refractivity contribution in [2.24, 2.45) is 11.8 Å². The summed E-state index contributed by atoms with van der Waals surface area (Å²) in [5, 5.41) is 3.49. The fourth-order valence-corrected chi connectivity index (χ4v) is 3.91. The van der Waals surface area contributed by atoms with Gasteiger partial charge in [-0.05, 0) is 64.1 Å². The normalized spacial score (nSPS) is 24.6. The smallest absolute Gasteiger partial charge is 0.232 e. The molecule has 3 rings (SSSR count). The van der Waals surface area contributed by atoms with Crippen molar-refractivity contribution in [3.8, 4) is 0 Å². The lowest BCUT2D eigenvalue weighted by Gasteiger charge is -2.32. The van der Waals surface area contributed by atoms with Crippen LogP contribution in [0.5, 0.6) is 0 Å². The molecule has 2 fully saturated rings. The maximum absolute atomic E-state index is 13.1. The molecule has 0 saturated carbocycles. The van der Waals surface area contributed by atoms with Crippen molar-refractivity contribution < 1.29 is 4.79 Å². The van der Waals surface area contributed by atoms with Gasteiger partial charge in [0.15, 0.2) is 0 Å². The van der Waals surface area contributed by atoms with Crippen LogP contribution in [0.25, 0.3) is 0 Å². The molecule has 128 valence electrons. The molecule has 2 atom stereocenters. The van der Waals surface area contributed by atoms with E-state index < -0.39 is 5.41 Å². The molecule has 1 aromatic rings. The Labute approximate surface area is 146 Å². The molecule has 0 unspecified atom stereocenters. The number of likely N-dealkylation sites (tertiary alicyclic amines) is 1. The van der Waals surface area contributed by atoms with E-state index in [0.717, 1.165) is 56.4 Å². The standard InChI is InChI=1S/C19H28N2O.ClH/c1-14-4-6-17(7-5-14)19(2,3)18(22)21-10-8-15-12-20-13-16(15)9-11-21;/h4-7,15-16,20H,8-13H2,1-3H3;1H/t15-,16+;. The molecule has 2 heterocycles. The SMILES string of the molecule is Cc1ccc(C(C)(C)C(=O)N2CC[C@@H]3CNC[C@@H]3CC2)cc1.Cl. The number of halogens is 1. The summed E-state index contributed by atoms with van der Waals surface area (Å²) in [6.07, 6.45) is 2.29. The Balaban J connectivity index is 0.00000192. The highest BCUT2D eigenvalue weighted by molar-refractivity contribution is 5.87. The minimum absolute atomic E-state index is 0. The van der Waals surface area contributed by atoms with Gasteiger partial charge in [-0.3, -0.25) is 4.79 Å². The van der Waals surface area contributed by atoms with Crippen molar-refractivity contribution in [2.45, 2.75) is 39.0 Å². The molecular weight excluding hydrogens is 308 g/mol. The number of aryl methyl sites for hydroxylation is 1. The molecular formula is C19H29ClN2O. The van der Waals surface area contributed by atoms with Crippen LogP contribution < -0.4 is 5.32 Å². The van der Waals surface area contributed by atoms with E-state index in [1.54, 1.807) is 0 Å². The number of carbonyl (C=O) groups excluding carboxylic acids is 1. The van der Waals surface area contributed by atoms with Crippen LogP contribution in [0.3, 0.4) is 0 Å². The van der Waals surface area contributed by atoms with E-state index >= 15 is 0 Å². The minimum Gasteiger partial charge on any atom is -0.342 e. The Hall–Kier alpha value is -1.06. The molecule has 3 nitrogen and oxygen atoms in total. The number of carbonyl (C=O) groups is 1. The van der Waals surface area contributed by atoms with Gasteiger partial charge in [0, 0.05) is 13.1 Å². The van der Waals surface area contributed by atoms with E-state index in [-0.39, 0.29) is 18.3 Å². The van der Waals surface area contributed by atoms with Crippen molar-refractivity contribution in [2.75, 3.05) is 26.2 Å². The Morgan fingerprint density at radius 2 is 1.61 bits per heavy atom. The third-order valence-corrected chi connectivity index (χ3v) is 5.61. The first kappa shape index (κ1) is 18.3. The van der Waals surface area contributed by atoms with Gasteiger partial charge in [0.2, 0.25) is 5.91 Å². The topological polar surface area (TPSA) is 32.3 Å². The quantitative estimate of drug-likeness (QED) is 0.899. The van der Waals surface area contributed by atoms with E-state index in [4.69, 9.17) is 0 Å². The largest absolute Gasteiger partial charge is 0.342 e. The van der Waals surface area contributed by atoms with Crippen molar-refractivity contribution in [3.63, 3.8) is 0 Å². The molecule has 23 heavy (non-hydrogen) atoms. The van der Waals surface area contributed by atoms with Crippen LogP contribution in [-0.2, 0) is 10.2 Å². The second kappa shape index (κ2) is 7.23. The molecule has 0 aromatic heterocycles. The summed E-state index contributed by atoms with van der Waals surface area (Å²) in [7, 11) is 0. The summed E-state index contributed by atoms with van der Waals surface area (Å²) >= 11 is 0. The molecule has 0 spiro atoms. The summed E-state index contributed by atoms with van der Waals surface area (Å²) in [4.78, 5) is 15.2. The maximum atomic E-state index is 13.1. The molecule has 0 radical (unpaired) electrons. The van der Waals surface area contributed by atoms with Gasteiger partial charge in [0.05, 0.1) is 5.41 Å². The number of hydrogen-bond donors (Lipinski definition) is 1. The number of fused-ring (bicyclic) bond motifs is 1. The highest BCUT2D eigenvalue weighted by Gasteiger charge is 2.37. The second-order valence-corrected chi connectivity index (χ2v) is 7.54. The van der Waals surface area contributed by atoms with Gasteiger partial charge in [-0.2, -0.15) is 0 Å². The zero-order valence-corrected chi connectivity index (χ0v) is 15.3. The van der Waals surface area contributed by atoms with E-state index in [1.165, 1.54) is 5.56 Å². The third kappa shape index (κ3) is 3.72. The van der Waals surface area contributed by atoms with Crippen molar-refractivity contribution in [1.82, 2.24) is 10.2 Å². The van der Waals surface area contributed by atoms with Gasteiger partial charge in [0.25, 0.3) is 0 Å². The van der Waals surface area contributed by atoms with E-state index in [0.29, 0.717) is 0 Å². The van der Waals surface area contributed by atoms with Gasteiger partial charge in [0.1, 0.15) is 0 Å². The summed E-state index contributed by atoms with van der Waals surface area (Å²) in [5.74, 6) is 1.81. The predicted molar refractivity (Wildman–Crippen MR) is 97.1 cm³/mol. The molecule has 4 heteroatoms. The van der Waals surface area contributed by atoms with Gasteiger partial charge >= 0.3 is 0 Å². The van der Waals surface area contributed by atoms with Crippen LogP contribution in [0.2, 0.25) is 0 Å². The molecule has 1 aromatic carbocycles. The zero-order valence-electron chi connectivity index (χ0n) is 14.5. The van der Waals surface area contributed by atoms with Crippen LogP contribution in [0.15, 0.2) is 24.3 Å². The molecule has 1 N–H and O–H groups in total. The van der Waals surface area contributed by atoms with Gasteiger partial charge in [-0.15, -0.1) is 12.4 Å². The average Bonchev–Trinajstić information content (AvgIpc) is 2.86. The summed E-state index contributed by atoms with van der Waals surface area (Å²) in [6, 6.07) is 8.40. The van der Waals surface area contributed by atoms with Crippen LogP contribution in [0, 0.1) is 18.8 Å². The fourth-order valence-electron chi connectivity index (χ4n) is 3.91. The van der Waals surface area contributed by atoms with Crippen LogP contribution in [-0.4, -0.2) is 37.0 Å². The van der Waals surface area contributed by atoms with Crippen LogP contribution in [0.1, 0.15) is 37.8 Å². The third-order valence-electron chi connectivity index (χ3n) is 5.61. The lowest BCUT2D eigenvalue weighted by molar-refractivity contribution is -0.136. The van der Waals surface area contributed by atoms with Crippen molar-refractivity contribution in [3.05, 3.63) is 35.4 Å². The average molecular weight is 337 g/mol. The molecule has 0 aliphatic carbocycles. The fraction of sp³-hybridized carbons (Fsp3) is 0.632. The molecule has 2 aliphatic heterocycles. The monoisotopic (exact) mass is 336 g/mol. The summed E-state index contributed by atoms with van der Waals surface area (Å²) in [6.45, 7) is 10.3. The van der Waals surface area contributed by atoms with Crippen LogP contribution in [0.4, 0.5) is 0 Å². The van der Waals surface area contributed by atoms with Gasteiger partial charge in [-0.1, -0.05) is 29.8 Å². The first-order chi connectivity index (χ1) is 10.5. The van der Waals surface area contributed by atoms with Crippen molar-refractivity contribution in [1.29, 1.82) is 0 Å². The van der Waals surface area contributed by atoms with Crippen LogP contribution >= 0.6 is 12.4 Å². The van der Waals surface area contributed by atoms with E-state index in [2.05, 4.69) is 55.3 Å². The maximum Gasteiger partial charge on any atom is 0.232 e. The number of rotatable bonds is 2. The first-order valence-electron chi connectivity index (χ1n) is 8.55. The highest BCUT2D eigenvalue weighted by atomic mass is 35.5. The Morgan fingerprint density at radius 1 is 1.09 bits per heavy atom. The number of amides is 1. The Bertz CT molecular complexity index is 527. The minimum atomic E-state index is -0.439. The predicted octanol–water partition coefficient (Wildman–Crippen LogP) is 3.15. The number of hydrogen-bond acceptors (Lipinski definition) is 2. The lowest BCUT2D eigenvalue weighted by Crippen LogP contribution is -2.44. The zero-order chi connectivity index (χ0) is 15.7. The Morgan fingerprint density at radius 3 is 2.13 bits per heavy atom. The van der Waals surface area contributed by atoms with Crippen molar-refractivity contribution >= 4 is 18.3 Å². The highest BCUT2D eigenvalue weighted by Crippen LogP contribution is 2.31. The van der Waals surface area contributed by atoms with E-state index in [1.807, 2.05) is 0 Å². The molecule has 1 amide bonds. The molecule has 2 aliphatic rings. The van der Waals surface area contributed by atoms with E-state index in [9.17, 15) is 4.79 Å². The second-order valence-electron chi connectivity index (χ2n) is 7.54. The molecule has 0 bridgehead atoms. The first-order valence-corrected chi connectivity index (χ1v) is 8.55. The number of benzene rings is 1.